The number of fused-ring (bicyclic) bond motifs is 1. The molecule has 2 atom stereocenters. The maximum Gasteiger partial charge on any atom is 0.221 e. The van der Waals surface area contributed by atoms with E-state index >= 15 is 0 Å². The third-order valence-electron chi connectivity index (χ3n) is 3.71. The van der Waals surface area contributed by atoms with Crippen molar-refractivity contribution in [2.24, 2.45) is 11.7 Å². The van der Waals surface area contributed by atoms with Crippen LogP contribution in [0, 0.1) is 5.92 Å². The van der Waals surface area contributed by atoms with Gasteiger partial charge < -0.3 is 5.73 Å². The SMILES string of the molecule is CCC(C(N)=O)C1CCCc2ccccc21. The van der Waals surface area contributed by atoms with Gasteiger partial charge in [-0.25, -0.2) is 0 Å². The molecule has 0 bridgehead atoms. The molecule has 0 aliphatic heterocycles. The minimum atomic E-state index is -0.149. The minimum Gasteiger partial charge on any atom is -0.369 e. The van der Waals surface area contributed by atoms with Crippen molar-refractivity contribution in [2.75, 3.05) is 0 Å². The van der Waals surface area contributed by atoms with E-state index in [1.54, 1.807) is 0 Å². The van der Waals surface area contributed by atoms with Crippen molar-refractivity contribution < 1.29 is 4.79 Å². The van der Waals surface area contributed by atoms with E-state index in [9.17, 15) is 4.79 Å². The first-order chi connectivity index (χ1) is 7.74. The maximum absolute atomic E-state index is 11.5. The first kappa shape index (κ1) is 11.2. The van der Waals surface area contributed by atoms with Gasteiger partial charge in [0.15, 0.2) is 0 Å². The molecular formula is C14H19NO. The Kier molecular flexibility index (Phi) is 3.28. The molecule has 0 fully saturated rings. The molecule has 0 heterocycles. The number of amides is 1. The van der Waals surface area contributed by atoms with Crippen molar-refractivity contribution in [1.82, 2.24) is 0 Å². The van der Waals surface area contributed by atoms with E-state index in [-0.39, 0.29) is 11.8 Å². The van der Waals surface area contributed by atoms with Crippen LogP contribution in [0.25, 0.3) is 0 Å². The first-order valence-corrected chi connectivity index (χ1v) is 6.11. The van der Waals surface area contributed by atoms with E-state index in [1.807, 2.05) is 6.92 Å². The van der Waals surface area contributed by atoms with E-state index in [2.05, 4.69) is 24.3 Å². The molecule has 1 aromatic carbocycles. The number of nitrogens with two attached hydrogens (primary N) is 1. The average molecular weight is 217 g/mol. The fraction of sp³-hybridized carbons (Fsp3) is 0.500. The van der Waals surface area contributed by atoms with Crippen LogP contribution in [0.2, 0.25) is 0 Å². The van der Waals surface area contributed by atoms with Gasteiger partial charge in [0.05, 0.1) is 0 Å². The Labute approximate surface area is 96.8 Å². The lowest BCUT2D eigenvalue weighted by molar-refractivity contribution is -0.122. The van der Waals surface area contributed by atoms with Gasteiger partial charge in [-0.05, 0) is 42.7 Å². The lowest BCUT2D eigenvalue weighted by Gasteiger charge is -2.30. The lowest BCUT2D eigenvalue weighted by Crippen LogP contribution is -2.30. The minimum absolute atomic E-state index is 0.00134. The van der Waals surface area contributed by atoms with Crippen LogP contribution in [0.4, 0.5) is 0 Å². The molecule has 0 aromatic heterocycles. The summed E-state index contributed by atoms with van der Waals surface area (Å²) in [5, 5.41) is 0. The van der Waals surface area contributed by atoms with Gasteiger partial charge in [0.1, 0.15) is 0 Å². The second-order valence-corrected chi connectivity index (χ2v) is 4.61. The number of benzene rings is 1. The van der Waals surface area contributed by atoms with Gasteiger partial charge in [-0.2, -0.15) is 0 Å². The second-order valence-electron chi connectivity index (χ2n) is 4.61. The van der Waals surface area contributed by atoms with Gasteiger partial charge >= 0.3 is 0 Å². The fourth-order valence-electron chi connectivity index (χ4n) is 2.89. The van der Waals surface area contributed by atoms with E-state index in [1.165, 1.54) is 17.5 Å². The van der Waals surface area contributed by atoms with E-state index in [0.29, 0.717) is 5.92 Å². The number of hydrogen-bond donors (Lipinski definition) is 1. The zero-order chi connectivity index (χ0) is 11.5. The molecule has 1 aromatic rings. The summed E-state index contributed by atoms with van der Waals surface area (Å²) in [4.78, 5) is 11.5. The van der Waals surface area contributed by atoms with Gasteiger partial charge in [-0.15, -0.1) is 0 Å². The van der Waals surface area contributed by atoms with E-state index in [0.717, 1.165) is 19.3 Å². The molecule has 1 aliphatic rings. The summed E-state index contributed by atoms with van der Waals surface area (Å²) < 4.78 is 0. The molecule has 0 saturated carbocycles. The standard InChI is InChI=1S/C14H19NO/c1-2-11(14(15)16)13-9-5-7-10-6-3-4-8-12(10)13/h3-4,6,8,11,13H,2,5,7,9H2,1H3,(H2,15,16). The highest BCUT2D eigenvalue weighted by Gasteiger charge is 2.29. The summed E-state index contributed by atoms with van der Waals surface area (Å²) in [5.41, 5.74) is 8.24. The van der Waals surface area contributed by atoms with Gasteiger partial charge in [-0.3, -0.25) is 4.79 Å². The Morgan fingerprint density at radius 1 is 1.50 bits per heavy atom. The maximum atomic E-state index is 11.5. The molecule has 2 rings (SSSR count). The normalized spacial score (nSPS) is 21.2. The van der Waals surface area contributed by atoms with E-state index in [4.69, 9.17) is 5.73 Å². The summed E-state index contributed by atoms with van der Waals surface area (Å²) >= 11 is 0. The summed E-state index contributed by atoms with van der Waals surface area (Å²) in [6.07, 6.45) is 4.25. The van der Waals surface area contributed by atoms with Crippen molar-refractivity contribution in [3.8, 4) is 0 Å². The monoisotopic (exact) mass is 217 g/mol. The van der Waals surface area contributed by atoms with Crippen molar-refractivity contribution in [3.05, 3.63) is 35.4 Å². The summed E-state index contributed by atoms with van der Waals surface area (Å²) in [6.45, 7) is 2.05. The third-order valence-corrected chi connectivity index (χ3v) is 3.71. The van der Waals surface area contributed by atoms with Crippen LogP contribution in [-0.2, 0) is 11.2 Å². The van der Waals surface area contributed by atoms with Gasteiger partial charge in [0.25, 0.3) is 0 Å². The van der Waals surface area contributed by atoms with Crippen molar-refractivity contribution in [1.29, 1.82) is 0 Å². The number of rotatable bonds is 3. The lowest BCUT2D eigenvalue weighted by atomic mass is 9.74. The number of carbonyl (C=O) groups is 1. The van der Waals surface area contributed by atoms with Crippen LogP contribution in [0.15, 0.2) is 24.3 Å². The predicted octanol–water partition coefficient (Wildman–Crippen LogP) is 2.62. The molecule has 2 N–H and O–H groups in total. The largest absolute Gasteiger partial charge is 0.369 e. The summed E-state index contributed by atoms with van der Waals surface area (Å²) in [7, 11) is 0. The van der Waals surface area contributed by atoms with Crippen molar-refractivity contribution >= 4 is 5.91 Å². The van der Waals surface area contributed by atoms with Gasteiger partial charge in [0.2, 0.25) is 5.91 Å². The number of carbonyl (C=O) groups excluding carboxylic acids is 1. The highest BCUT2D eigenvalue weighted by atomic mass is 16.1. The van der Waals surface area contributed by atoms with Crippen molar-refractivity contribution in [3.63, 3.8) is 0 Å². The molecule has 2 nitrogen and oxygen atoms in total. The highest BCUT2D eigenvalue weighted by molar-refractivity contribution is 5.77. The zero-order valence-electron chi connectivity index (χ0n) is 9.78. The van der Waals surface area contributed by atoms with Crippen LogP contribution >= 0.6 is 0 Å². The average Bonchev–Trinajstić information content (AvgIpc) is 2.30. The quantitative estimate of drug-likeness (QED) is 0.831. The topological polar surface area (TPSA) is 43.1 Å². The number of aryl methyl sites for hydroxylation is 1. The Morgan fingerprint density at radius 3 is 2.94 bits per heavy atom. The number of primary amides is 1. The van der Waals surface area contributed by atoms with Crippen molar-refractivity contribution in [2.45, 2.75) is 38.5 Å². The van der Waals surface area contributed by atoms with Gasteiger partial charge in [0, 0.05) is 5.92 Å². The second kappa shape index (κ2) is 4.69. The summed E-state index contributed by atoms with van der Waals surface area (Å²) in [6, 6.07) is 8.47. The molecular weight excluding hydrogens is 198 g/mol. The fourth-order valence-corrected chi connectivity index (χ4v) is 2.89. The highest BCUT2D eigenvalue weighted by Crippen LogP contribution is 2.37. The van der Waals surface area contributed by atoms with E-state index < -0.39 is 0 Å². The smallest absolute Gasteiger partial charge is 0.221 e. The Bertz CT molecular complexity index is 386. The Hall–Kier alpha value is -1.31. The molecule has 0 saturated heterocycles. The zero-order valence-corrected chi connectivity index (χ0v) is 9.78. The van der Waals surface area contributed by atoms with Gasteiger partial charge in [-0.1, -0.05) is 31.2 Å². The number of hydrogen-bond acceptors (Lipinski definition) is 1. The van der Waals surface area contributed by atoms with Crippen LogP contribution in [-0.4, -0.2) is 5.91 Å². The third kappa shape index (κ3) is 1.97. The molecule has 0 radical (unpaired) electrons. The first-order valence-electron chi connectivity index (χ1n) is 6.11. The molecule has 1 aliphatic carbocycles. The molecule has 1 amide bonds. The molecule has 0 spiro atoms. The van der Waals surface area contributed by atoms with Crippen LogP contribution < -0.4 is 5.73 Å². The summed E-state index contributed by atoms with van der Waals surface area (Å²) in [5.74, 6) is 0.193. The molecule has 2 unspecified atom stereocenters. The Balaban J connectivity index is 2.34. The molecule has 16 heavy (non-hydrogen) atoms. The Morgan fingerprint density at radius 2 is 2.25 bits per heavy atom. The predicted molar refractivity (Wildman–Crippen MR) is 65.1 cm³/mol. The van der Waals surface area contributed by atoms with Crippen LogP contribution in [0.3, 0.4) is 0 Å². The van der Waals surface area contributed by atoms with Crippen LogP contribution in [0.1, 0.15) is 43.2 Å². The molecule has 86 valence electrons. The van der Waals surface area contributed by atoms with Crippen LogP contribution in [0.5, 0.6) is 0 Å². The molecule has 2 heteroatoms.